The molecule has 2 aliphatic rings. The zero-order valence-electron chi connectivity index (χ0n) is 23.7. The lowest BCUT2D eigenvalue weighted by molar-refractivity contribution is -0.137. The third kappa shape index (κ3) is 6.12. The van der Waals surface area contributed by atoms with Crippen LogP contribution in [0.4, 0.5) is 35.3 Å². The highest BCUT2D eigenvalue weighted by Gasteiger charge is 2.36. The van der Waals surface area contributed by atoms with Gasteiger partial charge in [-0.3, -0.25) is 9.36 Å². The predicted molar refractivity (Wildman–Crippen MR) is 151 cm³/mol. The minimum atomic E-state index is -4.64. The fraction of sp³-hybridized carbons (Fsp3) is 0.483. The summed E-state index contributed by atoms with van der Waals surface area (Å²) >= 11 is 0. The van der Waals surface area contributed by atoms with Crippen LogP contribution in [0.1, 0.15) is 63.6 Å². The molecule has 1 aliphatic carbocycles. The van der Waals surface area contributed by atoms with Crippen LogP contribution in [0.5, 0.6) is 0 Å². The van der Waals surface area contributed by atoms with Crippen LogP contribution in [0.25, 0.3) is 11.0 Å². The molecule has 1 aliphatic heterocycles. The highest BCUT2D eigenvalue weighted by Crippen LogP contribution is 2.39. The Balaban J connectivity index is 1.41. The molecule has 2 aromatic heterocycles. The second kappa shape index (κ2) is 11.2. The maximum Gasteiger partial charge on any atom is 0.418 e. The van der Waals surface area contributed by atoms with Crippen molar-refractivity contribution in [1.82, 2.24) is 19.4 Å². The molecule has 5 rings (SSSR count). The number of amides is 1. The van der Waals surface area contributed by atoms with Crippen molar-refractivity contribution in [1.29, 1.82) is 5.26 Å². The van der Waals surface area contributed by atoms with Gasteiger partial charge in [-0.05, 0) is 57.9 Å². The van der Waals surface area contributed by atoms with E-state index in [1.165, 1.54) is 33.9 Å². The van der Waals surface area contributed by atoms with Crippen molar-refractivity contribution in [2.45, 2.75) is 64.3 Å². The molecule has 1 N–H and O–H groups in total. The zero-order chi connectivity index (χ0) is 30.2. The number of halogens is 3. The van der Waals surface area contributed by atoms with E-state index in [1.807, 2.05) is 6.07 Å². The summed E-state index contributed by atoms with van der Waals surface area (Å²) in [5.41, 5.74) is -1.47. The number of rotatable bonds is 4. The second-order valence-corrected chi connectivity index (χ2v) is 11.6. The minimum absolute atomic E-state index is 0.00366. The van der Waals surface area contributed by atoms with Crippen molar-refractivity contribution in [2.24, 2.45) is 0 Å². The zero-order valence-corrected chi connectivity index (χ0v) is 23.7. The number of carbonyl (C=O) groups is 1. The first kappa shape index (κ1) is 29.2. The normalized spacial score (nSPS) is 16.5. The Kier molecular flexibility index (Phi) is 7.74. The van der Waals surface area contributed by atoms with Crippen molar-refractivity contribution in [3.63, 3.8) is 0 Å². The van der Waals surface area contributed by atoms with Crippen LogP contribution in [0.15, 0.2) is 35.3 Å². The maximum absolute atomic E-state index is 14.2. The second-order valence-electron chi connectivity index (χ2n) is 11.6. The smallest absolute Gasteiger partial charge is 0.418 e. The number of fused-ring (bicyclic) bond motifs is 1. The van der Waals surface area contributed by atoms with Crippen LogP contribution < -0.4 is 15.8 Å². The van der Waals surface area contributed by atoms with Crippen LogP contribution in [0, 0.1) is 11.3 Å². The van der Waals surface area contributed by atoms with Crippen molar-refractivity contribution in [2.75, 3.05) is 36.4 Å². The van der Waals surface area contributed by atoms with E-state index in [0.29, 0.717) is 11.0 Å². The Morgan fingerprint density at radius 2 is 1.79 bits per heavy atom. The van der Waals surface area contributed by atoms with Crippen LogP contribution in [0.3, 0.4) is 0 Å². The van der Waals surface area contributed by atoms with Gasteiger partial charge < -0.3 is 19.9 Å². The summed E-state index contributed by atoms with van der Waals surface area (Å²) in [7, 11) is 0. The molecule has 0 atom stereocenters. The van der Waals surface area contributed by atoms with Gasteiger partial charge in [0.1, 0.15) is 22.9 Å². The van der Waals surface area contributed by atoms with Gasteiger partial charge in [-0.15, -0.1) is 0 Å². The number of nitrogens with zero attached hydrogens (tertiary/aromatic N) is 6. The van der Waals surface area contributed by atoms with Gasteiger partial charge in [0.05, 0.1) is 5.56 Å². The summed E-state index contributed by atoms with van der Waals surface area (Å²) in [5.74, 6) is 0.0326. The lowest BCUT2D eigenvalue weighted by Gasteiger charge is -2.37. The molecular formula is C29H32F3N7O3. The third-order valence-corrected chi connectivity index (χ3v) is 7.41. The van der Waals surface area contributed by atoms with E-state index in [0.717, 1.165) is 31.7 Å². The Hall–Kier alpha value is -4.34. The molecule has 0 radical (unpaired) electrons. The highest BCUT2D eigenvalue weighted by atomic mass is 19.4. The minimum Gasteiger partial charge on any atom is -0.444 e. The fourth-order valence-electron chi connectivity index (χ4n) is 5.46. The summed E-state index contributed by atoms with van der Waals surface area (Å²) in [5, 5.41) is 12.8. The number of anilines is 3. The molecule has 13 heteroatoms. The average Bonchev–Trinajstić information content (AvgIpc) is 3.46. The number of pyridine rings is 1. The van der Waals surface area contributed by atoms with Gasteiger partial charge in [0.25, 0.3) is 5.56 Å². The van der Waals surface area contributed by atoms with E-state index in [-0.39, 0.29) is 55.1 Å². The Labute approximate surface area is 240 Å². The SMILES string of the molecule is CC(C)(C)OC(=O)N1CCN(c2ccc(Nc3ncc4cc(C#N)c(=O)n(C5CCCC5)c4n3)cc2C(F)(F)F)CC1. The average molecular weight is 584 g/mol. The number of carbonyl (C=O) groups excluding carboxylic acids is 1. The number of ether oxygens (including phenoxy) is 1. The van der Waals surface area contributed by atoms with E-state index >= 15 is 0 Å². The number of hydrogen-bond donors (Lipinski definition) is 1. The summed E-state index contributed by atoms with van der Waals surface area (Å²) in [6, 6.07) is 7.18. The maximum atomic E-state index is 14.2. The van der Waals surface area contributed by atoms with Gasteiger partial charge in [-0.2, -0.15) is 23.4 Å². The molecule has 1 saturated heterocycles. The highest BCUT2D eigenvalue weighted by molar-refractivity contribution is 5.78. The summed E-state index contributed by atoms with van der Waals surface area (Å²) in [6.45, 7) is 6.16. The van der Waals surface area contributed by atoms with Crippen molar-refractivity contribution >= 4 is 34.4 Å². The van der Waals surface area contributed by atoms with Crippen molar-refractivity contribution in [3.05, 3.63) is 51.9 Å². The van der Waals surface area contributed by atoms with Crippen LogP contribution in [0.2, 0.25) is 0 Å². The molecule has 2 fully saturated rings. The lowest BCUT2D eigenvalue weighted by Crippen LogP contribution is -2.50. The summed E-state index contributed by atoms with van der Waals surface area (Å²) in [4.78, 5) is 37.2. The van der Waals surface area contributed by atoms with Gasteiger partial charge >= 0.3 is 12.3 Å². The van der Waals surface area contributed by atoms with Crippen LogP contribution in [-0.2, 0) is 10.9 Å². The Morgan fingerprint density at radius 1 is 1.10 bits per heavy atom. The summed E-state index contributed by atoms with van der Waals surface area (Å²) in [6.07, 6.45) is -0.216. The molecule has 3 heterocycles. The molecule has 1 aromatic carbocycles. The molecule has 10 nitrogen and oxygen atoms in total. The number of aromatic nitrogens is 3. The molecule has 1 amide bonds. The third-order valence-electron chi connectivity index (χ3n) is 7.41. The van der Waals surface area contributed by atoms with E-state index in [1.54, 1.807) is 25.7 Å². The molecule has 0 bridgehead atoms. The topological polar surface area (TPSA) is 116 Å². The Bertz CT molecular complexity index is 1590. The monoisotopic (exact) mass is 583 g/mol. The van der Waals surface area contributed by atoms with E-state index in [2.05, 4.69) is 15.3 Å². The van der Waals surface area contributed by atoms with Gasteiger partial charge in [0, 0.05) is 55.2 Å². The number of benzene rings is 1. The standard InChI is InChI=1S/C29H32F3N7O3/c1-28(2,3)42-27(41)38-12-10-37(11-13-38)23-9-8-20(15-22(23)29(30,31)32)35-26-34-17-19-14-18(16-33)25(40)39(24(19)36-26)21-6-4-5-7-21/h8-9,14-15,17,21H,4-7,10-13H2,1-3H3,(H,34,35,36). The molecule has 1 saturated carbocycles. The number of hydrogen-bond acceptors (Lipinski definition) is 8. The van der Waals surface area contributed by atoms with Gasteiger partial charge in [0.15, 0.2) is 0 Å². The molecule has 3 aromatic rings. The fourth-order valence-corrected chi connectivity index (χ4v) is 5.46. The first-order valence-corrected chi connectivity index (χ1v) is 13.9. The van der Waals surface area contributed by atoms with Crippen molar-refractivity contribution < 1.29 is 22.7 Å². The first-order chi connectivity index (χ1) is 19.8. The number of nitriles is 1. The number of piperazine rings is 1. The first-order valence-electron chi connectivity index (χ1n) is 13.9. The lowest BCUT2D eigenvalue weighted by atomic mass is 10.1. The van der Waals surface area contributed by atoms with Gasteiger partial charge in [-0.25, -0.2) is 9.78 Å². The van der Waals surface area contributed by atoms with Gasteiger partial charge in [0.2, 0.25) is 5.95 Å². The number of alkyl halides is 3. The molecule has 222 valence electrons. The Morgan fingerprint density at radius 3 is 2.40 bits per heavy atom. The van der Waals surface area contributed by atoms with E-state index in [9.17, 15) is 28.0 Å². The number of nitrogens with one attached hydrogen (secondary N) is 1. The molecule has 0 spiro atoms. The van der Waals surface area contributed by atoms with Crippen LogP contribution in [-0.4, -0.2) is 57.3 Å². The molecular weight excluding hydrogens is 551 g/mol. The van der Waals surface area contributed by atoms with Crippen LogP contribution >= 0.6 is 0 Å². The summed E-state index contributed by atoms with van der Waals surface area (Å²) < 4.78 is 49.6. The largest absolute Gasteiger partial charge is 0.444 e. The molecule has 0 unspecified atom stereocenters. The molecule has 42 heavy (non-hydrogen) atoms. The van der Waals surface area contributed by atoms with E-state index < -0.39 is 29.0 Å². The van der Waals surface area contributed by atoms with E-state index in [4.69, 9.17) is 4.74 Å². The quantitative estimate of drug-likeness (QED) is 0.422. The van der Waals surface area contributed by atoms with Gasteiger partial charge in [-0.1, -0.05) is 12.8 Å². The predicted octanol–water partition coefficient (Wildman–Crippen LogP) is 5.60. The van der Waals surface area contributed by atoms with Crippen molar-refractivity contribution in [3.8, 4) is 6.07 Å².